The Balaban J connectivity index is 1.55. The van der Waals surface area contributed by atoms with E-state index < -0.39 is 10.0 Å². The van der Waals surface area contributed by atoms with Gasteiger partial charge in [-0.05, 0) is 57.9 Å². The monoisotopic (exact) mass is 430 g/mol. The van der Waals surface area contributed by atoms with Gasteiger partial charge in [-0.15, -0.1) is 0 Å². The third kappa shape index (κ3) is 5.61. The molecule has 0 unspecified atom stereocenters. The van der Waals surface area contributed by atoms with Gasteiger partial charge in [-0.2, -0.15) is 4.31 Å². The van der Waals surface area contributed by atoms with Gasteiger partial charge in [0.05, 0.1) is 16.9 Å². The molecular weight excluding hydrogens is 400 g/mol. The molecule has 6 nitrogen and oxygen atoms in total. The van der Waals surface area contributed by atoms with Crippen molar-refractivity contribution in [3.63, 3.8) is 0 Å². The Hall–Kier alpha value is -2.38. The number of piperidine rings is 1. The van der Waals surface area contributed by atoms with Crippen LogP contribution >= 0.6 is 0 Å². The van der Waals surface area contributed by atoms with Gasteiger partial charge in [0.25, 0.3) is 0 Å². The van der Waals surface area contributed by atoms with E-state index in [1.807, 2.05) is 45.0 Å². The first-order valence-electron chi connectivity index (χ1n) is 10.3. The van der Waals surface area contributed by atoms with Crippen molar-refractivity contribution in [2.45, 2.75) is 44.6 Å². The lowest BCUT2D eigenvalue weighted by Crippen LogP contribution is -2.48. The summed E-state index contributed by atoms with van der Waals surface area (Å²) in [5.41, 5.74) is 2.16. The second-order valence-electron chi connectivity index (χ2n) is 8.05. The first-order valence-corrected chi connectivity index (χ1v) is 11.8. The average molecular weight is 431 g/mol. The van der Waals surface area contributed by atoms with Crippen molar-refractivity contribution < 1.29 is 17.9 Å². The Kier molecular flexibility index (Phi) is 7.15. The third-order valence-electron chi connectivity index (χ3n) is 5.32. The fourth-order valence-electron chi connectivity index (χ4n) is 3.49. The van der Waals surface area contributed by atoms with Crippen LogP contribution in [0.2, 0.25) is 0 Å². The van der Waals surface area contributed by atoms with Crippen LogP contribution in [0, 0.1) is 19.8 Å². The van der Waals surface area contributed by atoms with Crippen LogP contribution in [0.1, 0.15) is 30.9 Å². The molecule has 2 aromatic carbocycles. The smallest absolute Gasteiger partial charge is 0.243 e. The zero-order valence-electron chi connectivity index (χ0n) is 17.8. The number of sulfonamides is 1. The van der Waals surface area contributed by atoms with Crippen LogP contribution < -0.4 is 10.1 Å². The van der Waals surface area contributed by atoms with Crippen molar-refractivity contribution in [3.8, 4) is 5.75 Å². The Morgan fingerprint density at radius 3 is 2.33 bits per heavy atom. The highest BCUT2D eigenvalue weighted by Crippen LogP contribution is 2.24. The van der Waals surface area contributed by atoms with Gasteiger partial charge in [-0.1, -0.05) is 35.4 Å². The van der Waals surface area contributed by atoms with Crippen molar-refractivity contribution in [1.29, 1.82) is 0 Å². The van der Waals surface area contributed by atoms with Gasteiger partial charge in [0.15, 0.2) is 0 Å². The Bertz CT molecular complexity index is 956. The summed E-state index contributed by atoms with van der Waals surface area (Å²) in [6.45, 7) is 6.81. The lowest BCUT2D eigenvalue weighted by atomic mass is 9.98. The number of amides is 1. The summed E-state index contributed by atoms with van der Waals surface area (Å²) in [6.07, 6.45) is 1.34. The quantitative estimate of drug-likeness (QED) is 0.731. The van der Waals surface area contributed by atoms with Crippen molar-refractivity contribution in [2.75, 3.05) is 19.7 Å². The van der Waals surface area contributed by atoms with E-state index in [4.69, 9.17) is 4.74 Å². The van der Waals surface area contributed by atoms with Gasteiger partial charge in [0.1, 0.15) is 12.4 Å². The van der Waals surface area contributed by atoms with Crippen LogP contribution in [0.5, 0.6) is 5.75 Å². The van der Waals surface area contributed by atoms with Gasteiger partial charge >= 0.3 is 0 Å². The van der Waals surface area contributed by atoms with E-state index in [0.717, 1.165) is 16.9 Å². The topological polar surface area (TPSA) is 75.7 Å². The van der Waals surface area contributed by atoms with Crippen molar-refractivity contribution in [2.24, 2.45) is 5.92 Å². The molecule has 0 radical (unpaired) electrons. The molecule has 1 saturated heterocycles. The summed E-state index contributed by atoms with van der Waals surface area (Å²) in [7, 11) is -3.59. The van der Waals surface area contributed by atoms with E-state index in [9.17, 15) is 13.2 Å². The van der Waals surface area contributed by atoms with Crippen molar-refractivity contribution in [1.82, 2.24) is 9.62 Å². The molecule has 1 fully saturated rings. The minimum absolute atomic E-state index is 0.126. The predicted octanol–water partition coefficient (Wildman–Crippen LogP) is 3.29. The van der Waals surface area contributed by atoms with Gasteiger partial charge in [-0.3, -0.25) is 4.79 Å². The van der Waals surface area contributed by atoms with Crippen LogP contribution in [-0.4, -0.2) is 44.4 Å². The SMILES string of the molecule is Cc1ccc(OC[C@@H](C)NC(=O)[C@@H]2CCCN(S(=O)(=O)c3ccc(C)cc3)C2)cc1. The Morgan fingerprint density at radius 1 is 1.10 bits per heavy atom. The van der Waals surface area contributed by atoms with Gasteiger partial charge in [0.2, 0.25) is 15.9 Å². The molecule has 2 atom stereocenters. The van der Waals surface area contributed by atoms with Gasteiger partial charge in [0, 0.05) is 13.1 Å². The maximum absolute atomic E-state index is 12.9. The Morgan fingerprint density at radius 2 is 1.70 bits per heavy atom. The van der Waals surface area contributed by atoms with Crippen LogP contribution in [0.15, 0.2) is 53.4 Å². The number of rotatable bonds is 7. The van der Waals surface area contributed by atoms with E-state index in [-0.39, 0.29) is 29.3 Å². The summed E-state index contributed by atoms with van der Waals surface area (Å²) in [4.78, 5) is 13.0. The summed E-state index contributed by atoms with van der Waals surface area (Å²) in [5, 5.41) is 2.97. The number of hydrogen-bond donors (Lipinski definition) is 1. The molecule has 0 saturated carbocycles. The fourth-order valence-corrected chi connectivity index (χ4v) is 5.02. The zero-order chi connectivity index (χ0) is 21.7. The highest BCUT2D eigenvalue weighted by atomic mass is 32.2. The van der Waals surface area contributed by atoms with Gasteiger partial charge < -0.3 is 10.1 Å². The summed E-state index contributed by atoms with van der Waals surface area (Å²) in [6, 6.07) is 14.4. The fraction of sp³-hybridized carbons (Fsp3) is 0.435. The standard InChI is InChI=1S/C23H30N2O4S/c1-17-6-10-21(11-7-17)29-16-19(3)24-23(26)20-5-4-14-25(15-20)30(27,28)22-12-8-18(2)9-13-22/h6-13,19-20H,4-5,14-16H2,1-3H3,(H,24,26)/t19-,20-/m1/s1. The largest absolute Gasteiger partial charge is 0.491 e. The summed E-state index contributed by atoms with van der Waals surface area (Å²) in [5.74, 6) is 0.273. The molecule has 0 aliphatic carbocycles. The molecule has 2 aromatic rings. The molecule has 162 valence electrons. The maximum atomic E-state index is 12.9. The van der Waals surface area contributed by atoms with E-state index in [1.54, 1.807) is 24.3 Å². The zero-order valence-corrected chi connectivity index (χ0v) is 18.6. The molecule has 0 bridgehead atoms. The Labute approximate surface area is 179 Å². The molecule has 1 N–H and O–H groups in total. The van der Waals surface area contributed by atoms with E-state index in [0.29, 0.717) is 26.0 Å². The van der Waals surface area contributed by atoms with E-state index in [2.05, 4.69) is 5.32 Å². The molecule has 0 spiro atoms. The van der Waals surface area contributed by atoms with Gasteiger partial charge in [-0.25, -0.2) is 8.42 Å². The average Bonchev–Trinajstić information content (AvgIpc) is 2.74. The van der Waals surface area contributed by atoms with E-state index >= 15 is 0 Å². The first-order chi connectivity index (χ1) is 14.3. The number of carbonyl (C=O) groups is 1. The number of carbonyl (C=O) groups excluding carboxylic acids is 1. The molecule has 1 heterocycles. The molecule has 0 aromatic heterocycles. The molecule has 7 heteroatoms. The molecule has 1 aliphatic heterocycles. The summed E-state index contributed by atoms with van der Waals surface area (Å²) >= 11 is 0. The molecule has 3 rings (SSSR count). The molecule has 30 heavy (non-hydrogen) atoms. The lowest BCUT2D eigenvalue weighted by molar-refractivity contribution is -0.126. The molecular formula is C23H30N2O4S. The van der Waals surface area contributed by atoms with Crippen LogP contribution in [0.25, 0.3) is 0 Å². The molecule has 1 aliphatic rings. The highest BCUT2D eigenvalue weighted by Gasteiger charge is 2.33. The van der Waals surface area contributed by atoms with Crippen molar-refractivity contribution >= 4 is 15.9 Å². The second kappa shape index (κ2) is 9.62. The van der Waals surface area contributed by atoms with Crippen LogP contribution in [0.4, 0.5) is 0 Å². The number of nitrogens with zero attached hydrogens (tertiary/aromatic N) is 1. The number of hydrogen-bond acceptors (Lipinski definition) is 4. The predicted molar refractivity (Wildman–Crippen MR) is 117 cm³/mol. The number of ether oxygens (including phenoxy) is 1. The lowest BCUT2D eigenvalue weighted by Gasteiger charge is -2.31. The van der Waals surface area contributed by atoms with Crippen LogP contribution in [0.3, 0.4) is 0 Å². The summed E-state index contributed by atoms with van der Waals surface area (Å²) < 4.78 is 33.1. The van der Waals surface area contributed by atoms with E-state index in [1.165, 1.54) is 4.31 Å². The van der Waals surface area contributed by atoms with Crippen molar-refractivity contribution in [3.05, 3.63) is 59.7 Å². The second-order valence-corrected chi connectivity index (χ2v) is 9.99. The minimum atomic E-state index is -3.59. The molecule has 1 amide bonds. The highest BCUT2D eigenvalue weighted by molar-refractivity contribution is 7.89. The number of aryl methyl sites for hydroxylation is 2. The van der Waals surface area contributed by atoms with Crippen LogP contribution in [-0.2, 0) is 14.8 Å². The third-order valence-corrected chi connectivity index (χ3v) is 7.20. The maximum Gasteiger partial charge on any atom is 0.243 e. The number of nitrogens with one attached hydrogen (secondary N) is 1. The number of benzene rings is 2. The first kappa shape index (κ1) is 22.3. The normalized spacial score (nSPS) is 18.6. The minimum Gasteiger partial charge on any atom is -0.491 e.